The monoisotopic (exact) mass is 358 g/mol. The Morgan fingerprint density at radius 2 is 1.31 bits per heavy atom. The predicted octanol–water partition coefficient (Wildman–Crippen LogP) is 4.52. The lowest BCUT2D eigenvalue weighted by Gasteiger charge is -2.21. The second kappa shape index (κ2) is 9.08. The zero-order chi connectivity index (χ0) is 19.1. The molecule has 0 N–H and O–H groups in total. The number of amides is 2. The molecular weight excluding hydrogens is 332 g/mol. The van der Waals surface area contributed by atoms with E-state index >= 15 is 0 Å². The molecule has 140 valence electrons. The van der Waals surface area contributed by atoms with Gasteiger partial charge in [0, 0.05) is 31.6 Å². The molecule has 0 fully saturated rings. The lowest BCUT2D eigenvalue weighted by atomic mass is 10.1. The average molecular weight is 358 g/mol. The topological polar surface area (TPSA) is 59.1 Å². The summed E-state index contributed by atoms with van der Waals surface area (Å²) in [7, 11) is 0. The maximum Gasteiger partial charge on any atom is 0.415 e. The third kappa shape index (κ3) is 4.25. The Morgan fingerprint density at radius 3 is 1.88 bits per heavy atom. The van der Waals surface area contributed by atoms with Gasteiger partial charge in [0.05, 0.1) is 0 Å². The van der Waals surface area contributed by atoms with Crippen LogP contribution in [0.1, 0.15) is 27.7 Å². The van der Waals surface area contributed by atoms with E-state index in [1.807, 2.05) is 58.0 Å². The van der Waals surface area contributed by atoms with Crippen molar-refractivity contribution < 1.29 is 19.1 Å². The highest BCUT2D eigenvalue weighted by molar-refractivity contribution is 5.93. The Hall–Kier alpha value is -2.76. The SMILES string of the molecule is CCN(CC)C(=O)Oc1ccc2ccccc2c1OC(=O)N(CC)CC. The zero-order valence-electron chi connectivity index (χ0n) is 15.8. The van der Waals surface area contributed by atoms with Crippen molar-refractivity contribution in [3.63, 3.8) is 0 Å². The van der Waals surface area contributed by atoms with Gasteiger partial charge in [-0.15, -0.1) is 0 Å². The molecule has 2 rings (SSSR count). The van der Waals surface area contributed by atoms with Crippen molar-refractivity contribution in [2.24, 2.45) is 0 Å². The van der Waals surface area contributed by atoms with Crippen LogP contribution in [0, 0.1) is 0 Å². The molecule has 0 aliphatic rings. The number of hydrogen-bond donors (Lipinski definition) is 0. The predicted molar refractivity (Wildman–Crippen MR) is 102 cm³/mol. The molecule has 0 heterocycles. The van der Waals surface area contributed by atoms with E-state index in [0.717, 1.165) is 10.8 Å². The van der Waals surface area contributed by atoms with Crippen molar-refractivity contribution in [2.75, 3.05) is 26.2 Å². The number of nitrogens with zero attached hydrogens (tertiary/aromatic N) is 2. The van der Waals surface area contributed by atoms with Gasteiger partial charge < -0.3 is 19.3 Å². The summed E-state index contributed by atoms with van der Waals surface area (Å²) >= 11 is 0. The maximum atomic E-state index is 12.5. The van der Waals surface area contributed by atoms with E-state index < -0.39 is 12.2 Å². The summed E-state index contributed by atoms with van der Waals surface area (Å²) in [5.41, 5.74) is 0. The minimum Gasteiger partial charge on any atom is -0.406 e. The fraction of sp³-hybridized carbons (Fsp3) is 0.400. The number of carbonyl (C=O) groups excluding carboxylic acids is 2. The Morgan fingerprint density at radius 1 is 0.769 bits per heavy atom. The van der Waals surface area contributed by atoms with Gasteiger partial charge in [0.1, 0.15) is 0 Å². The summed E-state index contributed by atoms with van der Waals surface area (Å²) in [5, 5.41) is 1.62. The van der Waals surface area contributed by atoms with Crippen LogP contribution >= 0.6 is 0 Å². The molecule has 0 atom stereocenters. The molecule has 0 aliphatic heterocycles. The summed E-state index contributed by atoms with van der Waals surface area (Å²) in [5.74, 6) is 0.501. The smallest absolute Gasteiger partial charge is 0.406 e. The maximum absolute atomic E-state index is 12.5. The third-order valence-electron chi connectivity index (χ3n) is 4.27. The zero-order valence-corrected chi connectivity index (χ0v) is 15.8. The minimum absolute atomic E-state index is 0.237. The molecule has 0 aromatic heterocycles. The van der Waals surface area contributed by atoms with Gasteiger partial charge >= 0.3 is 12.2 Å². The van der Waals surface area contributed by atoms with Crippen LogP contribution < -0.4 is 9.47 Å². The highest BCUT2D eigenvalue weighted by atomic mass is 16.6. The van der Waals surface area contributed by atoms with E-state index in [4.69, 9.17) is 9.47 Å². The van der Waals surface area contributed by atoms with E-state index in [2.05, 4.69) is 0 Å². The van der Waals surface area contributed by atoms with Gasteiger partial charge in [-0.05, 0) is 39.1 Å². The van der Waals surface area contributed by atoms with E-state index in [0.29, 0.717) is 26.2 Å². The highest BCUT2D eigenvalue weighted by Gasteiger charge is 2.21. The molecule has 0 aliphatic carbocycles. The fourth-order valence-electron chi connectivity index (χ4n) is 2.68. The number of benzene rings is 2. The Bertz CT molecular complexity index is 767. The molecule has 0 saturated heterocycles. The van der Waals surface area contributed by atoms with Gasteiger partial charge in [-0.2, -0.15) is 0 Å². The Balaban J connectivity index is 2.43. The molecule has 0 unspecified atom stereocenters. The van der Waals surface area contributed by atoms with Crippen molar-refractivity contribution in [2.45, 2.75) is 27.7 Å². The second-order valence-corrected chi connectivity index (χ2v) is 5.69. The first-order valence-electron chi connectivity index (χ1n) is 9.00. The molecule has 0 radical (unpaired) electrons. The Labute approximate surface area is 154 Å². The summed E-state index contributed by atoms with van der Waals surface area (Å²) in [6.07, 6.45) is -0.933. The van der Waals surface area contributed by atoms with Crippen LogP contribution in [-0.4, -0.2) is 48.2 Å². The van der Waals surface area contributed by atoms with Crippen LogP contribution in [0.2, 0.25) is 0 Å². The average Bonchev–Trinajstić information content (AvgIpc) is 2.65. The lowest BCUT2D eigenvalue weighted by Crippen LogP contribution is -2.34. The normalized spacial score (nSPS) is 10.5. The third-order valence-corrected chi connectivity index (χ3v) is 4.27. The minimum atomic E-state index is -0.467. The first-order valence-corrected chi connectivity index (χ1v) is 9.00. The number of fused-ring (bicyclic) bond motifs is 1. The molecule has 2 aromatic carbocycles. The van der Waals surface area contributed by atoms with Crippen molar-refractivity contribution >= 4 is 23.0 Å². The van der Waals surface area contributed by atoms with E-state index in [9.17, 15) is 9.59 Å². The summed E-state index contributed by atoms with van der Waals surface area (Å²) in [4.78, 5) is 27.9. The number of hydrogen-bond acceptors (Lipinski definition) is 4. The standard InChI is InChI=1S/C20H26N2O4/c1-5-21(6-2)19(23)25-17-14-13-15-11-9-10-12-16(15)18(17)26-20(24)22(7-3)8-4/h9-14H,5-8H2,1-4H3. The van der Waals surface area contributed by atoms with Gasteiger partial charge in [-0.3, -0.25) is 0 Å². The lowest BCUT2D eigenvalue weighted by molar-refractivity contribution is 0.147. The number of carbonyl (C=O) groups is 2. The fourth-order valence-corrected chi connectivity index (χ4v) is 2.68. The van der Waals surface area contributed by atoms with Crippen molar-refractivity contribution in [1.82, 2.24) is 9.80 Å². The van der Waals surface area contributed by atoms with Crippen LogP contribution in [0.15, 0.2) is 36.4 Å². The Kier molecular flexibility index (Phi) is 6.83. The van der Waals surface area contributed by atoms with E-state index in [-0.39, 0.29) is 11.5 Å². The first kappa shape index (κ1) is 19.6. The van der Waals surface area contributed by atoms with E-state index in [1.54, 1.807) is 15.9 Å². The van der Waals surface area contributed by atoms with Crippen molar-refractivity contribution in [3.05, 3.63) is 36.4 Å². The summed E-state index contributed by atoms with van der Waals surface area (Å²) in [6.45, 7) is 9.68. The van der Waals surface area contributed by atoms with Crippen molar-refractivity contribution in [3.8, 4) is 11.5 Å². The molecule has 26 heavy (non-hydrogen) atoms. The summed E-state index contributed by atoms with van der Waals surface area (Å²) in [6, 6.07) is 11.0. The van der Waals surface area contributed by atoms with Gasteiger partial charge in [-0.1, -0.05) is 30.3 Å². The molecule has 0 bridgehead atoms. The van der Waals surface area contributed by atoms with Gasteiger partial charge in [0.15, 0.2) is 11.5 Å². The summed E-state index contributed by atoms with van der Waals surface area (Å²) < 4.78 is 11.2. The van der Waals surface area contributed by atoms with Gasteiger partial charge in [-0.25, -0.2) is 9.59 Å². The van der Waals surface area contributed by atoms with Crippen LogP contribution in [-0.2, 0) is 0 Å². The molecule has 2 aromatic rings. The highest BCUT2D eigenvalue weighted by Crippen LogP contribution is 2.36. The number of rotatable bonds is 6. The second-order valence-electron chi connectivity index (χ2n) is 5.69. The molecule has 0 spiro atoms. The van der Waals surface area contributed by atoms with Gasteiger partial charge in [0.25, 0.3) is 0 Å². The van der Waals surface area contributed by atoms with Crippen LogP contribution in [0.3, 0.4) is 0 Å². The number of ether oxygens (including phenoxy) is 2. The molecular formula is C20H26N2O4. The molecule has 0 saturated carbocycles. The largest absolute Gasteiger partial charge is 0.415 e. The molecule has 6 nitrogen and oxygen atoms in total. The van der Waals surface area contributed by atoms with Crippen LogP contribution in [0.5, 0.6) is 11.5 Å². The quantitative estimate of drug-likeness (QED) is 0.762. The molecule has 6 heteroatoms. The van der Waals surface area contributed by atoms with Crippen LogP contribution in [0.4, 0.5) is 9.59 Å². The van der Waals surface area contributed by atoms with Gasteiger partial charge in [0.2, 0.25) is 0 Å². The first-order chi connectivity index (χ1) is 12.5. The van der Waals surface area contributed by atoms with E-state index in [1.165, 1.54) is 0 Å². The molecule has 2 amide bonds. The van der Waals surface area contributed by atoms with Crippen molar-refractivity contribution in [1.29, 1.82) is 0 Å². The van der Waals surface area contributed by atoms with Crippen LogP contribution in [0.25, 0.3) is 10.8 Å².